The molecule has 1 aromatic carbocycles. The van der Waals surface area contributed by atoms with Gasteiger partial charge in [0.1, 0.15) is 4.81 Å². The second kappa shape index (κ2) is 4.75. The summed E-state index contributed by atoms with van der Waals surface area (Å²) in [5.74, 6) is -2.59. The molecule has 94 valence electrons. The first-order chi connectivity index (χ1) is 8.43. The molecule has 2 amide bonds. The molecule has 18 heavy (non-hydrogen) atoms. The Balaban J connectivity index is 2.22. The van der Waals surface area contributed by atoms with Crippen molar-refractivity contribution in [2.45, 2.75) is 12.8 Å². The Bertz CT molecular complexity index is 526. The average molecular weight is 362 g/mol. The molecule has 1 N–H and O–H groups in total. The highest BCUT2D eigenvalue weighted by Gasteiger charge is 2.55. The number of hydrogen-bond donors (Lipinski definition) is 1. The minimum Gasteiger partial charge on any atom is -0.239 e. The van der Waals surface area contributed by atoms with Gasteiger partial charge in [0.2, 0.25) is 0 Å². The SMILES string of the molecule is O=C(O[N+]1(O)C(=O)CCC1=O)c1cccc(I)c1. The van der Waals surface area contributed by atoms with Crippen LogP contribution in [0.25, 0.3) is 0 Å². The summed E-state index contributed by atoms with van der Waals surface area (Å²) in [4.78, 5) is 37.2. The van der Waals surface area contributed by atoms with E-state index in [1.54, 1.807) is 12.1 Å². The Morgan fingerprint density at radius 3 is 2.44 bits per heavy atom. The van der Waals surface area contributed by atoms with Gasteiger partial charge in [-0.25, -0.2) is 19.2 Å². The minimum atomic E-state index is -1.88. The van der Waals surface area contributed by atoms with Crippen LogP contribution in [-0.4, -0.2) is 27.8 Å². The topological polar surface area (TPSA) is 80.7 Å². The molecule has 1 heterocycles. The Labute approximate surface area is 116 Å². The normalized spacial score (nSPS) is 17.9. The van der Waals surface area contributed by atoms with Crippen molar-refractivity contribution in [2.75, 3.05) is 0 Å². The maximum atomic E-state index is 11.7. The van der Waals surface area contributed by atoms with Gasteiger partial charge in [0.05, 0.1) is 18.4 Å². The van der Waals surface area contributed by atoms with E-state index < -0.39 is 22.6 Å². The first-order valence-corrected chi connectivity index (χ1v) is 6.19. The fourth-order valence-electron chi connectivity index (χ4n) is 1.55. The lowest BCUT2D eigenvalue weighted by Gasteiger charge is -2.15. The highest BCUT2D eigenvalue weighted by Crippen LogP contribution is 2.22. The Hall–Kier alpha value is -1.32. The molecule has 0 saturated carbocycles. The van der Waals surface area contributed by atoms with E-state index in [4.69, 9.17) is 0 Å². The van der Waals surface area contributed by atoms with Crippen molar-refractivity contribution < 1.29 is 29.2 Å². The molecule has 0 atom stereocenters. The number of nitrogens with zero attached hydrogens (tertiary/aromatic N) is 1. The lowest BCUT2D eigenvalue weighted by atomic mass is 10.2. The lowest BCUT2D eigenvalue weighted by molar-refractivity contribution is -1.12. The van der Waals surface area contributed by atoms with Crippen LogP contribution in [0, 0.1) is 3.57 Å². The van der Waals surface area contributed by atoms with Crippen molar-refractivity contribution in [1.29, 1.82) is 0 Å². The molecule has 6 nitrogen and oxygen atoms in total. The van der Waals surface area contributed by atoms with Gasteiger partial charge in [0, 0.05) is 3.57 Å². The van der Waals surface area contributed by atoms with Gasteiger partial charge in [0.25, 0.3) is 0 Å². The van der Waals surface area contributed by atoms with Crippen LogP contribution in [0.3, 0.4) is 0 Å². The summed E-state index contributed by atoms with van der Waals surface area (Å²) in [5.41, 5.74) is 0.168. The molecule has 0 spiro atoms. The summed E-state index contributed by atoms with van der Waals surface area (Å²) in [6, 6.07) is 6.41. The van der Waals surface area contributed by atoms with Gasteiger partial charge in [-0.05, 0) is 40.8 Å². The quantitative estimate of drug-likeness (QED) is 0.373. The molecule has 0 radical (unpaired) electrons. The zero-order valence-corrected chi connectivity index (χ0v) is 11.3. The van der Waals surface area contributed by atoms with Crippen LogP contribution in [0.5, 0.6) is 0 Å². The van der Waals surface area contributed by atoms with Gasteiger partial charge < -0.3 is 0 Å². The van der Waals surface area contributed by atoms with Gasteiger partial charge in [-0.3, -0.25) is 0 Å². The van der Waals surface area contributed by atoms with Crippen LogP contribution >= 0.6 is 22.6 Å². The fourth-order valence-corrected chi connectivity index (χ4v) is 2.09. The van der Waals surface area contributed by atoms with Crippen LogP contribution in [0.2, 0.25) is 0 Å². The Kier molecular flexibility index (Phi) is 3.46. The number of benzene rings is 1. The molecule has 0 bridgehead atoms. The lowest BCUT2D eigenvalue weighted by Crippen LogP contribution is -2.50. The number of quaternary nitrogens is 1. The first kappa shape index (κ1) is 13.1. The van der Waals surface area contributed by atoms with Crippen molar-refractivity contribution in [3.63, 3.8) is 0 Å². The smallest absolute Gasteiger partial charge is 0.239 e. The molecule has 1 saturated heterocycles. The summed E-state index contributed by atoms with van der Waals surface area (Å²) in [5, 5.41) is 9.72. The fraction of sp³-hybridized carbons (Fsp3) is 0.182. The Morgan fingerprint density at radius 1 is 1.28 bits per heavy atom. The van der Waals surface area contributed by atoms with E-state index in [9.17, 15) is 19.6 Å². The monoisotopic (exact) mass is 362 g/mol. The van der Waals surface area contributed by atoms with Crippen molar-refractivity contribution in [3.8, 4) is 0 Å². The molecule has 2 rings (SSSR count). The Morgan fingerprint density at radius 2 is 1.89 bits per heavy atom. The third-order valence-corrected chi connectivity index (χ3v) is 3.18. The van der Waals surface area contributed by atoms with Gasteiger partial charge in [-0.15, -0.1) is 0 Å². The van der Waals surface area contributed by atoms with Crippen LogP contribution in [0.4, 0.5) is 0 Å². The van der Waals surface area contributed by atoms with E-state index in [-0.39, 0.29) is 18.4 Å². The average Bonchev–Trinajstić information content (AvgIpc) is 2.57. The zero-order valence-electron chi connectivity index (χ0n) is 9.13. The first-order valence-electron chi connectivity index (χ1n) is 5.11. The molecule has 7 heteroatoms. The summed E-state index contributed by atoms with van der Waals surface area (Å²) in [7, 11) is 0. The number of carbonyl (C=O) groups is 3. The van der Waals surface area contributed by atoms with E-state index >= 15 is 0 Å². The van der Waals surface area contributed by atoms with Crippen molar-refractivity contribution in [1.82, 2.24) is 0 Å². The number of hydrogen-bond acceptors (Lipinski definition) is 5. The zero-order chi connectivity index (χ0) is 13.3. The van der Waals surface area contributed by atoms with E-state index in [2.05, 4.69) is 4.84 Å². The number of halogens is 1. The maximum Gasteiger partial charge on any atom is 0.403 e. The van der Waals surface area contributed by atoms with Crippen LogP contribution in [0.15, 0.2) is 24.3 Å². The number of imide groups is 1. The van der Waals surface area contributed by atoms with Crippen LogP contribution in [-0.2, 0) is 14.4 Å². The third-order valence-electron chi connectivity index (χ3n) is 2.50. The number of hydroxylamine groups is 4. The van der Waals surface area contributed by atoms with E-state index in [0.29, 0.717) is 0 Å². The highest BCUT2D eigenvalue weighted by molar-refractivity contribution is 14.1. The summed E-state index contributed by atoms with van der Waals surface area (Å²) >= 11 is 2.01. The summed E-state index contributed by atoms with van der Waals surface area (Å²) in [6.07, 6.45) is -0.260. The molecular formula is C11H9INO5+. The minimum absolute atomic E-state index is 0.130. The molecule has 0 unspecified atom stereocenters. The van der Waals surface area contributed by atoms with E-state index in [1.165, 1.54) is 12.1 Å². The molecule has 0 aromatic heterocycles. The molecule has 1 aliphatic heterocycles. The standard InChI is InChI=1S/C11H9INO5/c12-8-3-1-2-7(6-8)11(16)18-13(17)9(14)4-5-10(13)15/h1-3,6,17H,4-5H2/q+1. The highest BCUT2D eigenvalue weighted by atomic mass is 127. The molecule has 1 aliphatic rings. The van der Waals surface area contributed by atoms with Gasteiger partial charge >= 0.3 is 17.8 Å². The third kappa shape index (κ3) is 2.28. The maximum absolute atomic E-state index is 11.7. The largest absolute Gasteiger partial charge is 0.403 e. The van der Waals surface area contributed by atoms with Gasteiger partial charge in [-0.1, -0.05) is 6.07 Å². The van der Waals surface area contributed by atoms with E-state index in [0.717, 1.165) is 3.57 Å². The van der Waals surface area contributed by atoms with Crippen LogP contribution < -0.4 is 0 Å². The summed E-state index contributed by atoms with van der Waals surface area (Å²) < 4.78 is 0.797. The number of carbonyl (C=O) groups excluding carboxylic acids is 3. The van der Waals surface area contributed by atoms with Crippen molar-refractivity contribution >= 4 is 40.4 Å². The predicted molar refractivity (Wildman–Crippen MR) is 65.9 cm³/mol. The second-order valence-corrected chi connectivity index (χ2v) is 5.00. The predicted octanol–water partition coefficient (Wildman–Crippen LogP) is 1.42. The van der Waals surface area contributed by atoms with Crippen LogP contribution in [0.1, 0.15) is 23.2 Å². The number of rotatable bonds is 2. The molecular weight excluding hydrogens is 353 g/mol. The van der Waals surface area contributed by atoms with E-state index in [1.807, 2.05) is 22.6 Å². The van der Waals surface area contributed by atoms with Gasteiger partial charge in [-0.2, -0.15) is 5.21 Å². The number of amides is 2. The molecule has 0 aliphatic carbocycles. The van der Waals surface area contributed by atoms with Crippen molar-refractivity contribution in [2.24, 2.45) is 0 Å². The van der Waals surface area contributed by atoms with Crippen molar-refractivity contribution in [3.05, 3.63) is 33.4 Å². The second-order valence-electron chi connectivity index (χ2n) is 3.75. The van der Waals surface area contributed by atoms with Gasteiger partial charge in [0.15, 0.2) is 0 Å². The molecule has 1 aromatic rings. The molecule has 1 fully saturated rings. The summed E-state index contributed by atoms with van der Waals surface area (Å²) in [6.45, 7) is 0.